The third kappa shape index (κ3) is 4.94. The number of ether oxygens (including phenoxy) is 5. The van der Waals surface area contributed by atoms with Gasteiger partial charge in [-0.05, 0) is 13.8 Å². The molecule has 0 aromatic rings. The lowest BCUT2D eigenvalue weighted by atomic mass is 9.96. The van der Waals surface area contributed by atoms with E-state index in [1.165, 1.54) is 13.8 Å². The third-order valence-corrected chi connectivity index (χ3v) is 6.02. The Morgan fingerprint density at radius 1 is 0.562 bits per heavy atom. The van der Waals surface area contributed by atoms with Crippen LogP contribution in [0.3, 0.4) is 0 Å². The van der Waals surface area contributed by atoms with Crippen LogP contribution in [0.15, 0.2) is 0 Å². The Bertz CT molecular complexity index is 610. The molecule has 14 nitrogen and oxygen atoms in total. The molecule has 9 N–H and O–H groups in total. The van der Waals surface area contributed by atoms with E-state index in [9.17, 15) is 46.0 Å². The van der Waals surface area contributed by atoms with Gasteiger partial charge in [0.05, 0.1) is 18.8 Å². The van der Waals surface area contributed by atoms with E-state index in [0.717, 1.165) is 0 Å². The Kier molecular flexibility index (Phi) is 8.44. The average Bonchev–Trinajstić information content (AvgIpc) is 2.76. The van der Waals surface area contributed by atoms with Crippen molar-refractivity contribution in [1.29, 1.82) is 0 Å². The van der Waals surface area contributed by atoms with Crippen molar-refractivity contribution in [3.8, 4) is 0 Å². The van der Waals surface area contributed by atoms with E-state index >= 15 is 0 Å². The summed E-state index contributed by atoms with van der Waals surface area (Å²) >= 11 is 0. The van der Waals surface area contributed by atoms with Gasteiger partial charge in [-0.25, -0.2) is 0 Å². The van der Waals surface area contributed by atoms with Crippen LogP contribution in [-0.2, 0) is 23.7 Å². The monoisotopic (exact) mass is 472 g/mol. The minimum absolute atomic E-state index is 0.721. The highest BCUT2D eigenvalue weighted by atomic mass is 16.8. The largest absolute Gasteiger partial charge is 0.394 e. The molecule has 3 rings (SSSR count). The van der Waals surface area contributed by atoms with E-state index in [1.807, 2.05) is 0 Å². The molecule has 3 heterocycles. The molecule has 15 atom stereocenters. The number of hydrogen-bond donors (Lipinski definition) is 9. The second kappa shape index (κ2) is 10.4. The van der Waals surface area contributed by atoms with Gasteiger partial charge >= 0.3 is 0 Å². The summed E-state index contributed by atoms with van der Waals surface area (Å²) < 4.78 is 27.0. The van der Waals surface area contributed by atoms with Crippen molar-refractivity contribution >= 4 is 0 Å². The summed E-state index contributed by atoms with van der Waals surface area (Å²) in [5, 5.41) is 90.6. The summed E-state index contributed by atoms with van der Waals surface area (Å²) in [5.74, 6) is 0. The topological polar surface area (TPSA) is 228 Å². The summed E-state index contributed by atoms with van der Waals surface area (Å²) in [5.41, 5.74) is 0. The molecule has 0 aromatic heterocycles. The number of hydrogen-bond acceptors (Lipinski definition) is 14. The average molecular weight is 472 g/mol. The molecule has 3 aliphatic rings. The predicted octanol–water partition coefficient (Wildman–Crippen LogP) is -5.52. The molecular weight excluding hydrogens is 440 g/mol. The molecule has 0 saturated carbocycles. The van der Waals surface area contributed by atoms with Crippen LogP contribution in [-0.4, -0.2) is 145 Å². The first-order valence-electron chi connectivity index (χ1n) is 10.3. The SMILES string of the molecule is C[C@@H]1O[C@@H](O[C@@H]2[C@@H](O[C@@H]3O[C@@H](C)[C@H](O)[C@@H](O)[C@H]3O)[C@H](O)[C@@H](CO)O[C@H]2O)[C@H](O)[C@H](O)[C@H]1O. The molecular formula is C18H32O14. The number of aliphatic hydroxyl groups is 9. The molecule has 32 heavy (non-hydrogen) atoms. The Morgan fingerprint density at radius 2 is 1.00 bits per heavy atom. The highest BCUT2D eigenvalue weighted by molar-refractivity contribution is 4.95. The standard InChI is InChI=1S/C18H32O14/c1-4-7(20)10(23)12(25)17(28-4)31-14-9(22)6(3-19)30-16(27)15(14)32-18-13(26)11(24)8(21)5(2)29-18/h4-27H,3H2,1-2H3/t4-,5-,6+,7-,8-,9+,10+,11+,12+,13+,14-,15+,16+,17-,18-/m0/s1. The molecule has 0 amide bonds. The van der Waals surface area contributed by atoms with Crippen molar-refractivity contribution in [2.75, 3.05) is 6.61 Å². The fourth-order valence-electron chi connectivity index (χ4n) is 3.92. The fraction of sp³-hybridized carbons (Fsp3) is 1.00. The zero-order valence-electron chi connectivity index (χ0n) is 17.4. The zero-order chi connectivity index (χ0) is 23.9. The molecule has 14 heteroatoms. The minimum atomic E-state index is -1.83. The fourth-order valence-corrected chi connectivity index (χ4v) is 3.92. The first-order valence-corrected chi connectivity index (χ1v) is 10.3. The van der Waals surface area contributed by atoms with Crippen LogP contribution in [0.1, 0.15) is 13.8 Å². The van der Waals surface area contributed by atoms with Gasteiger partial charge in [0.1, 0.15) is 61.0 Å². The molecule has 3 aliphatic heterocycles. The van der Waals surface area contributed by atoms with Crippen molar-refractivity contribution in [3.63, 3.8) is 0 Å². The number of aliphatic hydroxyl groups excluding tert-OH is 9. The smallest absolute Gasteiger partial charge is 0.187 e. The lowest BCUT2D eigenvalue weighted by molar-refractivity contribution is -0.385. The van der Waals surface area contributed by atoms with Gasteiger partial charge in [-0.15, -0.1) is 0 Å². The van der Waals surface area contributed by atoms with Gasteiger partial charge < -0.3 is 69.6 Å². The van der Waals surface area contributed by atoms with Gasteiger partial charge in [-0.2, -0.15) is 0 Å². The summed E-state index contributed by atoms with van der Waals surface area (Å²) in [6, 6.07) is 0. The van der Waals surface area contributed by atoms with Crippen LogP contribution >= 0.6 is 0 Å². The molecule has 0 aliphatic carbocycles. The second-order valence-corrected chi connectivity index (χ2v) is 8.30. The van der Waals surface area contributed by atoms with Gasteiger partial charge in [0.15, 0.2) is 18.9 Å². The maximum atomic E-state index is 10.6. The van der Waals surface area contributed by atoms with Gasteiger partial charge in [0.2, 0.25) is 0 Å². The molecule has 0 bridgehead atoms. The summed E-state index contributed by atoms with van der Waals surface area (Å²) in [6.45, 7) is 2.10. The van der Waals surface area contributed by atoms with Gasteiger partial charge in [-0.3, -0.25) is 0 Å². The highest BCUT2D eigenvalue weighted by Gasteiger charge is 2.53. The molecule has 3 saturated heterocycles. The van der Waals surface area contributed by atoms with Crippen molar-refractivity contribution in [1.82, 2.24) is 0 Å². The van der Waals surface area contributed by atoms with Crippen LogP contribution in [0.2, 0.25) is 0 Å². The Hall–Kier alpha value is -0.560. The normalized spacial score (nSPS) is 55.0. The lowest BCUT2D eigenvalue weighted by Gasteiger charge is -2.48. The second-order valence-electron chi connectivity index (χ2n) is 8.30. The van der Waals surface area contributed by atoms with Gasteiger partial charge in [-0.1, -0.05) is 0 Å². The van der Waals surface area contributed by atoms with Gasteiger partial charge in [0, 0.05) is 0 Å². The summed E-state index contributed by atoms with van der Waals surface area (Å²) in [4.78, 5) is 0. The molecule has 188 valence electrons. The summed E-state index contributed by atoms with van der Waals surface area (Å²) in [6.07, 6.45) is -22.6. The first kappa shape index (κ1) is 26.1. The van der Waals surface area contributed by atoms with Crippen LogP contribution in [0.4, 0.5) is 0 Å². The quantitative estimate of drug-likeness (QED) is 0.182. The maximum absolute atomic E-state index is 10.6. The molecule has 0 unspecified atom stereocenters. The van der Waals surface area contributed by atoms with Crippen LogP contribution < -0.4 is 0 Å². The van der Waals surface area contributed by atoms with Crippen LogP contribution in [0.25, 0.3) is 0 Å². The molecule has 0 radical (unpaired) electrons. The van der Waals surface area contributed by atoms with Crippen molar-refractivity contribution in [2.24, 2.45) is 0 Å². The van der Waals surface area contributed by atoms with E-state index in [2.05, 4.69) is 0 Å². The lowest BCUT2D eigenvalue weighted by Crippen LogP contribution is -2.66. The van der Waals surface area contributed by atoms with E-state index in [0.29, 0.717) is 0 Å². The van der Waals surface area contributed by atoms with E-state index in [-0.39, 0.29) is 0 Å². The van der Waals surface area contributed by atoms with E-state index in [4.69, 9.17) is 23.7 Å². The Labute approximate surface area is 183 Å². The Morgan fingerprint density at radius 3 is 1.44 bits per heavy atom. The van der Waals surface area contributed by atoms with Crippen LogP contribution in [0, 0.1) is 0 Å². The third-order valence-electron chi connectivity index (χ3n) is 6.02. The Balaban J connectivity index is 1.81. The first-order chi connectivity index (χ1) is 15.0. The zero-order valence-corrected chi connectivity index (χ0v) is 17.4. The highest BCUT2D eigenvalue weighted by Crippen LogP contribution is 2.32. The summed E-state index contributed by atoms with van der Waals surface area (Å²) in [7, 11) is 0. The van der Waals surface area contributed by atoms with Crippen LogP contribution in [0.5, 0.6) is 0 Å². The number of rotatable bonds is 5. The van der Waals surface area contributed by atoms with E-state index in [1.54, 1.807) is 0 Å². The van der Waals surface area contributed by atoms with E-state index < -0.39 is 98.7 Å². The molecule has 0 spiro atoms. The van der Waals surface area contributed by atoms with Crippen molar-refractivity contribution in [2.45, 2.75) is 106 Å². The minimum Gasteiger partial charge on any atom is -0.394 e. The predicted molar refractivity (Wildman–Crippen MR) is 98.4 cm³/mol. The molecule has 0 aromatic carbocycles. The molecule has 3 fully saturated rings. The van der Waals surface area contributed by atoms with Crippen molar-refractivity contribution < 1.29 is 69.6 Å². The van der Waals surface area contributed by atoms with Gasteiger partial charge in [0.25, 0.3) is 0 Å². The maximum Gasteiger partial charge on any atom is 0.187 e. The van der Waals surface area contributed by atoms with Crippen molar-refractivity contribution in [3.05, 3.63) is 0 Å².